The fourth-order valence-corrected chi connectivity index (χ4v) is 1.54. The second kappa shape index (κ2) is 5.83. The van der Waals surface area contributed by atoms with Gasteiger partial charge in [-0.1, -0.05) is 25.5 Å². The van der Waals surface area contributed by atoms with Crippen LogP contribution in [-0.2, 0) is 11.3 Å². The zero-order valence-corrected chi connectivity index (χ0v) is 9.29. The lowest BCUT2D eigenvalue weighted by atomic mass is 10.0. The van der Waals surface area contributed by atoms with Gasteiger partial charge in [-0.05, 0) is 18.1 Å². The fourth-order valence-electron chi connectivity index (χ4n) is 1.54. The number of nitrogens with two attached hydrogens (primary N) is 1. The topological polar surface area (TPSA) is 35.2 Å². The molecule has 15 heavy (non-hydrogen) atoms. The molecular formula is C12H18FNO. The van der Waals surface area contributed by atoms with E-state index in [2.05, 4.69) is 6.92 Å². The highest BCUT2D eigenvalue weighted by Gasteiger charge is 2.08. The van der Waals surface area contributed by atoms with Crippen molar-refractivity contribution in [1.29, 1.82) is 0 Å². The van der Waals surface area contributed by atoms with Crippen molar-refractivity contribution in [2.24, 2.45) is 5.73 Å². The van der Waals surface area contributed by atoms with Crippen LogP contribution in [0.4, 0.5) is 4.39 Å². The molecule has 1 rings (SSSR count). The maximum atomic E-state index is 13.5. The molecule has 0 fully saturated rings. The number of methoxy groups -OCH3 is 1. The second-order valence-corrected chi connectivity index (χ2v) is 3.68. The van der Waals surface area contributed by atoms with Crippen LogP contribution in [0.15, 0.2) is 18.2 Å². The van der Waals surface area contributed by atoms with Gasteiger partial charge in [0.15, 0.2) is 0 Å². The Morgan fingerprint density at radius 3 is 2.73 bits per heavy atom. The van der Waals surface area contributed by atoms with Crippen molar-refractivity contribution < 1.29 is 9.13 Å². The summed E-state index contributed by atoms with van der Waals surface area (Å²) >= 11 is 0. The summed E-state index contributed by atoms with van der Waals surface area (Å²) in [6.45, 7) is 2.37. The Hall–Kier alpha value is -0.930. The van der Waals surface area contributed by atoms with Crippen LogP contribution < -0.4 is 5.73 Å². The van der Waals surface area contributed by atoms with Gasteiger partial charge in [0.05, 0.1) is 6.61 Å². The molecule has 2 N–H and O–H groups in total. The molecule has 1 aromatic rings. The summed E-state index contributed by atoms with van der Waals surface area (Å²) in [5.74, 6) is -0.235. The van der Waals surface area contributed by atoms with Gasteiger partial charge in [0, 0.05) is 18.7 Å². The minimum absolute atomic E-state index is 0.0684. The van der Waals surface area contributed by atoms with E-state index in [4.69, 9.17) is 10.5 Å². The number of rotatable bonds is 5. The Labute approximate surface area is 90.2 Å². The Bertz CT molecular complexity index is 314. The van der Waals surface area contributed by atoms with Gasteiger partial charge in [-0.15, -0.1) is 0 Å². The predicted octanol–water partition coefficient (Wildman–Crippen LogP) is 2.77. The monoisotopic (exact) mass is 211 g/mol. The van der Waals surface area contributed by atoms with Gasteiger partial charge in [-0.2, -0.15) is 0 Å². The lowest BCUT2D eigenvalue weighted by Gasteiger charge is -2.12. The van der Waals surface area contributed by atoms with Crippen molar-refractivity contribution in [3.63, 3.8) is 0 Å². The molecule has 0 bridgehead atoms. The normalized spacial score (nSPS) is 12.8. The van der Waals surface area contributed by atoms with Crippen LogP contribution in [0, 0.1) is 5.82 Å². The van der Waals surface area contributed by atoms with Gasteiger partial charge in [0.2, 0.25) is 0 Å². The lowest BCUT2D eigenvalue weighted by molar-refractivity contribution is 0.181. The van der Waals surface area contributed by atoms with Crippen molar-refractivity contribution in [2.75, 3.05) is 7.11 Å². The Morgan fingerprint density at radius 1 is 1.47 bits per heavy atom. The molecule has 1 atom stereocenters. The van der Waals surface area contributed by atoms with E-state index in [1.807, 2.05) is 6.07 Å². The maximum Gasteiger partial charge on any atom is 0.129 e. The van der Waals surface area contributed by atoms with E-state index in [0.29, 0.717) is 12.2 Å². The van der Waals surface area contributed by atoms with Crippen LogP contribution in [0.2, 0.25) is 0 Å². The van der Waals surface area contributed by atoms with E-state index >= 15 is 0 Å². The number of benzene rings is 1. The molecule has 3 heteroatoms. The summed E-state index contributed by atoms with van der Waals surface area (Å²) in [7, 11) is 1.55. The zero-order chi connectivity index (χ0) is 11.3. The quantitative estimate of drug-likeness (QED) is 0.812. The highest BCUT2D eigenvalue weighted by molar-refractivity contribution is 5.26. The molecule has 0 amide bonds. The van der Waals surface area contributed by atoms with Crippen molar-refractivity contribution >= 4 is 0 Å². The van der Waals surface area contributed by atoms with Crippen molar-refractivity contribution in [3.05, 3.63) is 35.1 Å². The SMILES string of the molecule is CCCC(N)c1ccc(COC)c(F)c1. The average molecular weight is 211 g/mol. The third-order valence-corrected chi connectivity index (χ3v) is 2.40. The molecule has 0 aliphatic heterocycles. The number of halogens is 1. The summed E-state index contributed by atoms with van der Waals surface area (Å²) in [5.41, 5.74) is 7.33. The molecule has 0 radical (unpaired) electrons. The Balaban J connectivity index is 2.81. The minimum atomic E-state index is -0.235. The molecule has 2 nitrogen and oxygen atoms in total. The molecular weight excluding hydrogens is 193 g/mol. The molecule has 1 aromatic carbocycles. The first-order chi connectivity index (χ1) is 7.19. The van der Waals surface area contributed by atoms with Gasteiger partial charge in [-0.3, -0.25) is 0 Å². The molecule has 0 saturated heterocycles. The molecule has 0 aromatic heterocycles. The van der Waals surface area contributed by atoms with Crippen molar-refractivity contribution in [2.45, 2.75) is 32.4 Å². The lowest BCUT2D eigenvalue weighted by Crippen LogP contribution is -2.10. The number of hydrogen-bond acceptors (Lipinski definition) is 2. The third-order valence-electron chi connectivity index (χ3n) is 2.40. The highest BCUT2D eigenvalue weighted by atomic mass is 19.1. The van der Waals surface area contributed by atoms with E-state index in [9.17, 15) is 4.39 Å². The van der Waals surface area contributed by atoms with Gasteiger partial charge in [-0.25, -0.2) is 4.39 Å². The molecule has 0 saturated carbocycles. The average Bonchev–Trinajstić information content (AvgIpc) is 2.21. The molecule has 84 valence electrons. The van der Waals surface area contributed by atoms with E-state index in [1.54, 1.807) is 13.2 Å². The van der Waals surface area contributed by atoms with E-state index < -0.39 is 0 Å². The summed E-state index contributed by atoms with van der Waals surface area (Å²) in [6, 6.07) is 5.05. The van der Waals surface area contributed by atoms with Crippen LogP contribution in [0.1, 0.15) is 36.9 Å². The second-order valence-electron chi connectivity index (χ2n) is 3.68. The summed E-state index contributed by atoms with van der Waals surface area (Å²) in [6.07, 6.45) is 1.88. The molecule has 1 unspecified atom stereocenters. The predicted molar refractivity (Wildman–Crippen MR) is 58.9 cm³/mol. The van der Waals surface area contributed by atoms with E-state index in [1.165, 1.54) is 6.07 Å². The van der Waals surface area contributed by atoms with Crippen LogP contribution in [0.25, 0.3) is 0 Å². The number of ether oxygens (including phenoxy) is 1. The smallest absolute Gasteiger partial charge is 0.129 e. The largest absolute Gasteiger partial charge is 0.380 e. The van der Waals surface area contributed by atoms with Crippen LogP contribution in [0.5, 0.6) is 0 Å². The van der Waals surface area contributed by atoms with E-state index in [0.717, 1.165) is 18.4 Å². The maximum absolute atomic E-state index is 13.5. The zero-order valence-electron chi connectivity index (χ0n) is 9.29. The Morgan fingerprint density at radius 2 is 2.20 bits per heavy atom. The summed E-state index contributed by atoms with van der Waals surface area (Å²) < 4.78 is 18.4. The third kappa shape index (κ3) is 3.29. The molecule has 0 aliphatic carbocycles. The van der Waals surface area contributed by atoms with Gasteiger partial charge >= 0.3 is 0 Å². The minimum Gasteiger partial charge on any atom is -0.380 e. The first-order valence-corrected chi connectivity index (χ1v) is 5.21. The molecule has 0 aliphatic rings. The first kappa shape index (κ1) is 12.1. The van der Waals surface area contributed by atoms with E-state index in [-0.39, 0.29) is 11.9 Å². The highest BCUT2D eigenvalue weighted by Crippen LogP contribution is 2.19. The Kier molecular flexibility index (Phi) is 4.72. The van der Waals surface area contributed by atoms with Gasteiger partial charge < -0.3 is 10.5 Å². The molecule has 0 heterocycles. The van der Waals surface area contributed by atoms with Gasteiger partial charge in [0.1, 0.15) is 5.82 Å². The fraction of sp³-hybridized carbons (Fsp3) is 0.500. The van der Waals surface area contributed by atoms with Gasteiger partial charge in [0.25, 0.3) is 0 Å². The summed E-state index contributed by atoms with van der Waals surface area (Å²) in [4.78, 5) is 0. The van der Waals surface area contributed by atoms with Crippen molar-refractivity contribution in [3.8, 4) is 0 Å². The van der Waals surface area contributed by atoms with Crippen LogP contribution in [-0.4, -0.2) is 7.11 Å². The summed E-state index contributed by atoms with van der Waals surface area (Å²) in [5, 5.41) is 0. The van der Waals surface area contributed by atoms with Crippen LogP contribution >= 0.6 is 0 Å². The number of hydrogen-bond donors (Lipinski definition) is 1. The standard InChI is InChI=1S/C12H18FNO/c1-3-4-12(14)9-5-6-10(8-15-2)11(13)7-9/h5-7,12H,3-4,8,14H2,1-2H3. The molecule has 0 spiro atoms. The van der Waals surface area contributed by atoms with Crippen molar-refractivity contribution in [1.82, 2.24) is 0 Å². The van der Waals surface area contributed by atoms with Crippen LogP contribution in [0.3, 0.4) is 0 Å². The first-order valence-electron chi connectivity index (χ1n) is 5.21.